The van der Waals surface area contributed by atoms with Crippen LogP contribution < -0.4 is 4.74 Å². The van der Waals surface area contributed by atoms with Gasteiger partial charge in [0.1, 0.15) is 24.4 Å². The van der Waals surface area contributed by atoms with Gasteiger partial charge >= 0.3 is 6.09 Å². The molecule has 2 atom stereocenters. The molecule has 9 nitrogen and oxygen atoms in total. The van der Waals surface area contributed by atoms with Crippen molar-refractivity contribution in [1.29, 1.82) is 0 Å². The molecule has 182 valence electrons. The molecule has 10 heteroatoms. The van der Waals surface area contributed by atoms with E-state index in [4.69, 9.17) is 9.47 Å². The fourth-order valence-electron chi connectivity index (χ4n) is 4.15. The van der Waals surface area contributed by atoms with Gasteiger partial charge in [0.2, 0.25) is 5.88 Å². The molecule has 34 heavy (non-hydrogen) atoms. The Balaban J connectivity index is 1.51. The number of hydrogen-bond donors (Lipinski definition) is 0. The molecule has 3 aromatic rings. The SMILES string of the molecule is CC1CCC(COc2cc(-n3ccc4cc(S(C)(=O)=O)ccc43)ncn2)N1C(=O)OC(C)(C)C. The van der Waals surface area contributed by atoms with Crippen molar-refractivity contribution in [3.05, 3.63) is 42.9 Å². The molecule has 0 radical (unpaired) electrons. The molecule has 2 unspecified atom stereocenters. The third kappa shape index (κ3) is 5.16. The van der Waals surface area contributed by atoms with Crippen LogP contribution in [0.15, 0.2) is 47.8 Å². The van der Waals surface area contributed by atoms with E-state index in [1.165, 1.54) is 12.6 Å². The van der Waals surface area contributed by atoms with Crippen LogP contribution in [0.2, 0.25) is 0 Å². The number of carbonyl (C=O) groups excluding carboxylic acids is 1. The summed E-state index contributed by atoms with van der Waals surface area (Å²) in [6.45, 7) is 7.87. The van der Waals surface area contributed by atoms with E-state index >= 15 is 0 Å². The lowest BCUT2D eigenvalue weighted by molar-refractivity contribution is 0.0116. The first-order chi connectivity index (χ1) is 15.9. The maximum Gasteiger partial charge on any atom is 0.410 e. The van der Waals surface area contributed by atoms with Gasteiger partial charge in [-0.05, 0) is 64.8 Å². The lowest BCUT2D eigenvalue weighted by Gasteiger charge is -2.31. The lowest BCUT2D eigenvalue weighted by atomic mass is 10.2. The molecule has 2 aromatic heterocycles. The third-order valence-electron chi connectivity index (χ3n) is 5.78. The first-order valence-electron chi connectivity index (χ1n) is 11.2. The van der Waals surface area contributed by atoms with Crippen LogP contribution in [0.25, 0.3) is 16.7 Å². The monoisotopic (exact) mass is 486 g/mol. The second-order valence-electron chi connectivity index (χ2n) is 9.67. The van der Waals surface area contributed by atoms with E-state index in [1.807, 2.05) is 44.5 Å². The Bertz CT molecular complexity index is 1310. The highest BCUT2D eigenvalue weighted by Gasteiger charge is 2.37. The van der Waals surface area contributed by atoms with E-state index in [0.29, 0.717) is 18.3 Å². The topological polar surface area (TPSA) is 104 Å². The zero-order chi connectivity index (χ0) is 24.7. The van der Waals surface area contributed by atoms with Gasteiger partial charge in [0, 0.05) is 29.9 Å². The number of sulfone groups is 1. The van der Waals surface area contributed by atoms with Crippen LogP contribution in [0.5, 0.6) is 5.88 Å². The molecule has 1 fully saturated rings. The summed E-state index contributed by atoms with van der Waals surface area (Å²) in [5.41, 5.74) is 0.256. The zero-order valence-electron chi connectivity index (χ0n) is 20.1. The van der Waals surface area contributed by atoms with Crippen molar-refractivity contribution in [1.82, 2.24) is 19.4 Å². The van der Waals surface area contributed by atoms with Crippen LogP contribution in [-0.4, -0.2) is 64.5 Å². The molecular formula is C24H30N4O5S. The van der Waals surface area contributed by atoms with Crippen molar-refractivity contribution in [3.8, 4) is 11.7 Å². The predicted octanol–water partition coefficient (Wildman–Crippen LogP) is 3.99. The van der Waals surface area contributed by atoms with Crippen molar-refractivity contribution < 1.29 is 22.7 Å². The van der Waals surface area contributed by atoms with E-state index in [-0.39, 0.29) is 23.1 Å². The Labute approximate surface area is 199 Å². The number of nitrogens with zero attached hydrogens (tertiary/aromatic N) is 4. The van der Waals surface area contributed by atoms with Crippen LogP contribution in [-0.2, 0) is 14.6 Å². The van der Waals surface area contributed by atoms with Gasteiger partial charge in [-0.1, -0.05) is 0 Å². The zero-order valence-corrected chi connectivity index (χ0v) is 20.9. The number of aromatic nitrogens is 3. The van der Waals surface area contributed by atoms with Gasteiger partial charge in [-0.2, -0.15) is 0 Å². The number of hydrogen-bond acceptors (Lipinski definition) is 7. The molecule has 4 rings (SSSR count). The van der Waals surface area contributed by atoms with E-state index in [2.05, 4.69) is 9.97 Å². The second-order valence-corrected chi connectivity index (χ2v) is 11.7. The van der Waals surface area contributed by atoms with Crippen molar-refractivity contribution in [2.45, 2.75) is 63.1 Å². The third-order valence-corrected chi connectivity index (χ3v) is 6.89. The molecule has 0 bridgehead atoms. The smallest absolute Gasteiger partial charge is 0.410 e. The van der Waals surface area contributed by atoms with Gasteiger partial charge in [0.15, 0.2) is 9.84 Å². The van der Waals surface area contributed by atoms with Crippen LogP contribution in [0, 0.1) is 0 Å². The number of ether oxygens (including phenoxy) is 2. The molecule has 1 aliphatic heterocycles. The lowest BCUT2D eigenvalue weighted by Crippen LogP contribution is -2.45. The molecule has 1 amide bonds. The quantitative estimate of drug-likeness (QED) is 0.537. The van der Waals surface area contributed by atoms with Crippen LogP contribution in [0.1, 0.15) is 40.5 Å². The van der Waals surface area contributed by atoms with E-state index < -0.39 is 15.4 Å². The molecule has 0 N–H and O–H groups in total. The fraction of sp³-hybridized carbons (Fsp3) is 0.458. The Morgan fingerprint density at radius 1 is 1.15 bits per heavy atom. The van der Waals surface area contributed by atoms with Crippen molar-refractivity contribution in [3.63, 3.8) is 0 Å². The first-order valence-corrected chi connectivity index (χ1v) is 13.1. The van der Waals surface area contributed by atoms with Gasteiger partial charge in [-0.15, -0.1) is 0 Å². The fourth-order valence-corrected chi connectivity index (χ4v) is 4.81. The average Bonchev–Trinajstić information content (AvgIpc) is 3.33. The number of amides is 1. The van der Waals surface area contributed by atoms with Crippen LogP contribution >= 0.6 is 0 Å². The number of likely N-dealkylation sites (tertiary alicyclic amines) is 1. The van der Waals surface area contributed by atoms with Gasteiger partial charge in [0.25, 0.3) is 0 Å². The van der Waals surface area contributed by atoms with Crippen LogP contribution in [0.3, 0.4) is 0 Å². The normalized spacial score (nSPS) is 18.9. The van der Waals surface area contributed by atoms with Gasteiger partial charge in [-0.25, -0.2) is 23.2 Å². The summed E-state index contributed by atoms with van der Waals surface area (Å²) in [6.07, 6.45) is 5.81. The van der Waals surface area contributed by atoms with Crippen LogP contribution in [0.4, 0.5) is 4.79 Å². The summed E-state index contributed by atoms with van der Waals surface area (Å²) in [5.74, 6) is 0.985. The molecular weight excluding hydrogens is 456 g/mol. The number of rotatable bonds is 5. The summed E-state index contributed by atoms with van der Waals surface area (Å²) in [5, 5.41) is 0.789. The highest BCUT2D eigenvalue weighted by molar-refractivity contribution is 7.90. The minimum atomic E-state index is -3.29. The Hall–Kier alpha value is -3.14. The van der Waals surface area contributed by atoms with Gasteiger partial charge in [-0.3, -0.25) is 4.90 Å². The Morgan fingerprint density at radius 2 is 1.91 bits per heavy atom. The molecule has 0 saturated carbocycles. The standard InChI is InChI=1S/C24H30N4O5S/c1-16-6-7-18(28(16)23(29)33-24(2,3)4)14-32-22-13-21(25-15-26-22)27-11-10-17-12-19(34(5,30)31)8-9-20(17)27/h8-13,15-16,18H,6-7,14H2,1-5H3. The van der Waals surface area contributed by atoms with Crippen molar-refractivity contribution >= 4 is 26.8 Å². The molecule has 1 aliphatic rings. The van der Waals surface area contributed by atoms with E-state index in [9.17, 15) is 13.2 Å². The minimum absolute atomic E-state index is 0.0764. The summed E-state index contributed by atoms with van der Waals surface area (Å²) in [7, 11) is -3.29. The number of carbonyl (C=O) groups is 1. The predicted molar refractivity (Wildman–Crippen MR) is 128 cm³/mol. The molecule has 1 saturated heterocycles. The number of benzene rings is 1. The Kier molecular flexibility index (Phi) is 6.28. The first kappa shape index (κ1) is 24.0. The van der Waals surface area contributed by atoms with Gasteiger partial charge in [0.05, 0.1) is 16.5 Å². The maximum atomic E-state index is 12.7. The molecule has 0 aliphatic carbocycles. The summed E-state index contributed by atoms with van der Waals surface area (Å²) >= 11 is 0. The highest BCUT2D eigenvalue weighted by Crippen LogP contribution is 2.28. The summed E-state index contributed by atoms with van der Waals surface area (Å²) in [4.78, 5) is 23.3. The maximum absolute atomic E-state index is 12.7. The average molecular weight is 487 g/mol. The highest BCUT2D eigenvalue weighted by atomic mass is 32.2. The largest absolute Gasteiger partial charge is 0.475 e. The van der Waals surface area contributed by atoms with Crippen molar-refractivity contribution in [2.75, 3.05) is 12.9 Å². The summed E-state index contributed by atoms with van der Waals surface area (Å²) in [6, 6.07) is 8.52. The Morgan fingerprint density at radius 3 is 2.62 bits per heavy atom. The van der Waals surface area contributed by atoms with E-state index in [0.717, 1.165) is 23.7 Å². The molecule has 0 spiro atoms. The summed E-state index contributed by atoms with van der Waals surface area (Å²) < 4.78 is 37.1. The molecule has 1 aromatic carbocycles. The van der Waals surface area contributed by atoms with E-state index in [1.54, 1.807) is 29.2 Å². The van der Waals surface area contributed by atoms with Gasteiger partial charge < -0.3 is 14.0 Å². The number of fused-ring (bicyclic) bond motifs is 1. The van der Waals surface area contributed by atoms with Crippen molar-refractivity contribution in [2.24, 2.45) is 0 Å². The molecule has 3 heterocycles. The minimum Gasteiger partial charge on any atom is -0.475 e. The second kappa shape index (κ2) is 8.90.